The molecule has 0 radical (unpaired) electrons. The van der Waals surface area contributed by atoms with E-state index < -0.39 is 0 Å². The largest absolute Gasteiger partial charge is 0.332 e. The number of hydrogen-bond donors (Lipinski definition) is 0. The first-order valence-electron chi connectivity index (χ1n) is 9.64. The molecule has 0 N–H and O–H groups in total. The number of benzene rings is 1. The molecule has 1 aromatic carbocycles. The van der Waals surface area contributed by atoms with Crippen LogP contribution < -0.4 is 0 Å². The van der Waals surface area contributed by atoms with E-state index in [-0.39, 0.29) is 23.8 Å². The van der Waals surface area contributed by atoms with Crippen LogP contribution in [0.3, 0.4) is 0 Å². The molecule has 0 unspecified atom stereocenters. The van der Waals surface area contributed by atoms with Crippen molar-refractivity contribution in [3.05, 3.63) is 47.5 Å². The Balaban J connectivity index is 1.46. The maximum Gasteiger partial charge on any atom is 0.226 e. The molecule has 134 valence electrons. The van der Waals surface area contributed by atoms with Crippen LogP contribution in [0.25, 0.3) is 11.4 Å². The van der Waals surface area contributed by atoms with E-state index in [0.717, 1.165) is 48.9 Å². The number of carbonyl (C=O) groups is 1. The molecule has 2 aliphatic heterocycles. The Morgan fingerprint density at radius 2 is 1.85 bits per heavy atom. The van der Waals surface area contributed by atoms with Crippen molar-refractivity contribution in [3.8, 4) is 11.4 Å². The van der Waals surface area contributed by atoms with Crippen molar-refractivity contribution in [1.29, 1.82) is 0 Å². The summed E-state index contributed by atoms with van der Waals surface area (Å²) in [6.45, 7) is 0. The first-order valence-corrected chi connectivity index (χ1v) is 9.64. The summed E-state index contributed by atoms with van der Waals surface area (Å²) >= 11 is 0. The van der Waals surface area contributed by atoms with Gasteiger partial charge in [-0.2, -0.15) is 0 Å². The molecular weight excluding hydrogens is 329 g/mol. The minimum Gasteiger partial charge on any atom is -0.332 e. The zero-order chi connectivity index (χ0) is 17.7. The number of amides is 1. The molecule has 1 aromatic heterocycles. The number of fused-ring (bicyclic) bond motifs is 4. The minimum atomic E-state index is -0.258. The fraction of sp³-hybridized carbons (Fsp3) is 0.476. The molecule has 1 saturated heterocycles. The summed E-state index contributed by atoms with van der Waals surface area (Å²) in [5.74, 6) is 0.951. The highest BCUT2D eigenvalue weighted by Crippen LogP contribution is 2.45. The lowest BCUT2D eigenvalue weighted by molar-refractivity contribution is -0.139. The van der Waals surface area contributed by atoms with Crippen molar-refractivity contribution in [2.45, 2.75) is 57.0 Å². The topological polar surface area (TPSA) is 46.1 Å². The number of rotatable bonds is 2. The molecule has 1 aliphatic carbocycles. The maximum absolute atomic E-state index is 13.2. The zero-order valence-electron chi connectivity index (χ0n) is 14.7. The highest BCUT2D eigenvalue weighted by Gasteiger charge is 2.45. The molecule has 0 spiro atoms. The maximum atomic E-state index is 13.2. The van der Waals surface area contributed by atoms with Crippen LogP contribution in [0.5, 0.6) is 0 Å². The second-order valence-corrected chi connectivity index (χ2v) is 7.78. The third-order valence-corrected chi connectivity index (χ3v) is 6.25. The molecule has 2 bridgehead atoms. The Bertz CT molecular complexity index is 845. The van der Waals surface area contributed by atoms with E-state index in [2.05, 4.69) is 9.88 Å². The van der Waals surface area contributed by atoms with Crippen LogP contribution in [-0.2, 0) is 11.2 Å². The van der Waals surface area contributed by atoms with Crippen LogP contribution in [-0.4, -0.2) is 26.8 Å². The van der Waals surface area contributed by atoms with E-state index in [0.29, 0.717) is 11.7 Å². The van der Waals surface area contributed by atoms with Gasteiger partial charge in [0.2, 0.25) is 5.91 Å². The van der Waals surface area contributed by atoms with Crippen molar-refractivity contribution in [2.75, 3.05) is 0 Å². The smallest absolute Gasteiger partial charge is 0.226 e. The summed E-state index contributed by atoms with van der Waals surface area (Å²) < 4.78 is 13.2. The molecular formula is C21H22FN3O. The third-order valence-electron chi connectivity index (χ3n) is 6.25. The van der Waals surface area contributed by atoms with Gasteiger partial charge in [0.05, 0.1) is 11.7 Å². The fourth-order valence-corrected chi connectivity index (χ4v) is 4.94. The van der Waals surface area contributed by atoms with Crippen molar-refractivity contribution < 1.29 is 9.18 Å². The summed E-state index contributed by atoms with van der Waals surface area (Å²) in [4.78, 5) is 24.5. The lowest BCUT2D eigenvalue weighted by atomic mass is 9.96. The first kappa shape index (κ1) is 15.9. The van der Waals surface area contributed by atoms with Crippen molar-refractivity contribution in [3.63, 3.8) is 0 Å². The Kier molecular flexibility index (Phi) is 3.76. The summed E-state index contributed by atoms with van der Waals surface area (Å²) in [5, 5.41) is 0. The van der Waals surface area contributed by atoms with Gasteiger partial charge in [-0.05, 0) is 49.9 Å². The molecule has 2 fully saturated rings. The summed E-state index contributed by atoms with van der Waals surface area (Å²) in [6, 6.07) is 6.71. The van der Waals surface area contributed by atoms with Crippen LogP contribution in [0.2, 0.25) is 0 Å². The van der Waals surface area contributed by atoms with Crippen molar-refractivity contribution >= 4 is 5.91 Å². The molecule has 3 heterocycles. The van der Waals surface area contributed by atoms with Gasteiger partial charge >= 0.3 is 0 Å². The predicted octanol–water partition coefficient (Wildman–Crippen LogP) is 4.06. The van der Waals surface area contributed by atoms with Gasteiger partial charge in [-0.15, -0.1) is 0 Å². The van der Waals surface area contributed by atoms with Crippen LogP contribution in [0.15, 0.2) is 30.5 Å². The molecule has 5 rings (SSSR count). The molecule has 1 amide bonds. The van der Waals surface area contributed by atoms with Crippen LogP contribution in [0.4, 0.5) is 4.39 Å². The fourth-order valence-electron chi connectivity index (χ4n) is 4.94. The monoisotopic (exact) mass is 351 g/mol. The molecule has 3 aliphatic rings. The first-order chi connectivity index (χ1) is 12.7. The number of aromatic nitrogens is 2. The lowest BCUT2D eigenvalue weighted by Crippen LogP contribution is -2.44. The average molecular weight is 351 g/mol. The minimum absolute atomic E-state index is 0.138. The normalized spacial score (nSPS) is 24.7. The Hall–Kier alpha value is -2.30. The van der Waals surface area contributed by atoms with Gasteiger partial charge in [-0.1, -0.05) is 12.8 Å². The van der Waals surface area contributed by atoms with Crippen LogP contribution in [0.1, 0.15) is 55.8 Å². The highest BCUT2D eigenvalue weighted by molar-refractivity contribution is 5.80. The van der Waals surface area contributed by atoms with Crippen LogP contribution >= 0.6 is 0 Å². The van der Waals surface area contributed by atoms with E-state index in [1.807, 2.05) is 6.20 Å². The molecule has 2 aromatic rings. The van der Waals surface area contributed by atoms with Gasteiger partial charge in [-0.25, -0.2) is 14.4 Å². The van der Waals surface area contributed by atoms with Gasteiger partial charge in [0.1, 0.15) is 5.82 Å². The zero-order valence-corrected chi connectivity index (χ0v) is 14.7. The summed E-state index contributed by atoms with van der Waals surface area (Å²) in [7, 11) is 0. The van der Waals surface area contributed by atoms with Gasteiger partial charge < -0.3 is 4.90 Å². The van der Waals surface area contributed by atoms with Crippen molar-refractivity contribution in [2.24, 2.45) is 5.92 Å². The lowest BCUT2D eigenvalue weighted by Gasteiger charge is -2.37. The molecule has 4 nitrogen and oxygen atoms in total. The Labute approximate surface area is 152 Å². The van der Waals surface area contributed by atoms with Crippen LogP contribution in [0, 0.1) is 11.7 Å². The second-order valence-electron chi connectivity index (χ2n) is 7.78. The molecule has 1 saturated carbocycles. The van der Waals surface area contributed by atoms with Gasteiger partial charge in [0.25, 0.3) is 0 Å². The predicted molar refractivity (Wildman–Crippen MR) is 95.7 cm³/mol. The number of hydrogen-bond acceptors (Lipinski definition) is 3. The van der Waals surface area contributed by atoms with Gasteiger partial charge in [0, 0.05) is 35.7 Å². The average Bonchev–Trinajstić information content (AvgIpc) is 3.29. The van der Waals surface area contributed by atoms with E-state index >= 15 is 0 Å². The highest BCUT2D eigenvalue weighted by atomic mass is 19.1. The summed E-state index contributed by atoms with van der Waals surface area (Å²) in [6.07, 6.45) is 9.20. The van der Waals surface area contributed by atoms with E-state index in [1.165, 1.54) is 25.0 Å². The van der Waals surface area contributed by atoms with Gasteiger partial charge in [0.15, 0.2) is 5.82 Å². The number of halogens is 1. The Morgan fingerprint density at radius 3 is 2.62 bits per heavy atom. The standard InChI is InChI=1S/C21H22FN3O/c22-15-7-5-13(6-8-15)20-23-12-17-18(24-20)11-16-9-10-19(17)25(16)21(26)14-3-1-2-4-14/h5-8,12,14,16,19H,1-4,9-11H2/t16-,19+/m0/s1. The number of nitrogens with zero attached hydrogens (tertiary/aromatic N) is 3. The second kappa shape index (κ2) is 6.15. The molecule has 5 heteroatoms. The van der Waals surface area contributed by atoms with E-state index in [4.69, 9.17) is 4.98 Å². The van der Waals surface area contributed by atoms with E-state index in [9.17, 15) is 9.18 Å². The van der Waals surface area contributed by atoms with E-state index in [1.54, 1.807) is 12.1 Å². The molecule has 26 heavy (non-hydrogen) atoms. The third kappa shape index (κ3) is 2.52. The van der Waals surface area contributed by atoms with Gasteiger partial charge in [-0.3, -0.25) is 4.79 Å². The SMILES string of the molecule is O=C(C1CCCC1)N1[C@H]2CC[C@@H]1c1cnc(-c3ccc(F)cc3)nc1C2. The molecule has 2 atom stereocenters. The Morgan fingerprint density at radius 1 is 1.08 bits per heavy atom. The number of carbonyl (C=O) groups excluding carboxylic acids is 1. The summed E-state index contributed by atoms with van der Waals surface area (Å²) in [5.41, 5.74) is 2.99. The van der Waals surface area contributed by atoms with Crippen molar-refractivity contribution in [1.82, 2.24) is 14.9 Å². The quantitative estimate of drug-likeness (QED) is 0.820.